The van der Waals surface area contributed by atoms with E-state index in [2.05, 4.69) is 15.4 Å². The standard InChI is InChI=1S/C26H23N5O3/c1-17-7-11-19(12-8-17)24-28-25-21-5-3-4-6-22(21)30(26(33)31(25)29-24)16-23(32)27-15-18-9-13-20(34-2)14-10-18/h3-14H,15-16H2,1-2H3,(H,27,32). The molecule has 2 heterocycles. The number of nitrogens with zero attached hydrogens (tertiary/aromatic N) is 4. The summed E-state index contributed by atoms with van der Waals surface area (Å²) >= 11 is 0. The molecule has 2 aromatic heterocycles. The quantitative estimate of drug-likeness (QED) is 0.426. The van der Waals surface area contributed by atoms with E-state index < -0.39 is 5.69 Å². The topological polar surface area (TPSA) is 90.5 Å². The van der Waals surface area contributed by atoms with Crippen LogP contribution in [0.25, 0.3) is 27.9 Å². The molecule has 0 aliphatic heterocycles. The molecule has 5 rings (SSSR count). The zero-order valence-corrected chi connectivity index (χ0v) is 18.9. The lowest BCUT2D eigenvalue weighted by molar-refractivity contribution is -0.121. The van der Waals surface area contributed by atoms with Gasteiger partial charge in [0.05, 0.1) is 12.6 Å². The van der Waals surface area contributed by atoms with E-state index in [-0.39, 0.29) is 12.5 Å². The number of carbonyl (C=O) groups excluding carboxylic acids is 1. The summed E-state index contributed by atoms with van der Waals surface area (Å²) in [7, 11) is 1.61. The third-order valence-corrected chi connectivity index (χ3v) is 5.72. The molecule has 0 saturated heterocycles. The van der Waals surface area contributed by atoms with Crippen LogP contribution in [0.2, 0.25) is 0 Å². The molecule has 3 aromatic carbocycles. The second kappa shape index (κ2) is 8.82. The SMILES string of the molecule is COc1ccc(CNC(=O)Cn2c(=O)n3nc(-c4ccc(C)cc4)nc3c3ccccc32)cc1. The van der Waals surface area contributed by atoms with Crippen LogP contribution in [0.3, 0.4) is 0 Å². The van der Waals surface area contributed by atoms with Gasteiger partial charge in [-0.1, -0.05) is 54.1 Å². The first-order valence-corrected chi connectivity index (χ1v) is 10.9. The number of nitrogens with one attached hydrogen (secondary N) is 1. The lowest BCUT2D eigenvalue weighted by atomic mass is 10.1. The molecule has 0 aliphatic carbocycles. The van der Waals surface area contributed by atoms with Gasteiger partial charge in [0.25, 0.3) is 0 Å². The van der Waals surface area contributed by atoms with Gasteiger partial charge >= 0.3 is 5.69 Å². The molecule has 170 valence electrons. The average Bonchev–Trinajstić information content (AvgIpc) is 3.32. The molecule has 34 heavy (non-hydrogen) atoms. The Morgan fingerprint density at radius 2 is 1.74 bits per heavy atom. The van der Waals surface area contributed by atoms with E-state index in [1.54, 1.807) is 7.11 Å². The molecule has 1 amide bonds. The van der Waals surface area contributed by atoms with Crippen LogP contribution < -0.4 is 15.7 Å². The fourth-order valence-corrected chi connectivity index (χ4v) is 3.86. The van der Waals surface area contributed by atoms with Gasteiger partial charge in [0.15, 0.2) is 11.5 Å². The smallest absolute Gasteiger partial charge is 0.351 e. The molecule has 5 aromatic rings. The highest BCUT2D eigenvalue weighted by Crippen LogP contribution is 2.21. The molecule has 0 unspecified atom stereocenters. The number of hydrogen-bond acceptors (Lipinski definition) is 5. The molecule has 0 atom stereocenters. The normalized spacial score (nSPS) is 11.1. The Kier molecular flexibility index (Phi) is 5.55. The molecule has 1 N–H and O–H groups in total. The number of fused-ring (bicyclic) bond motifs is 3. The first-order chi connectivity index (χ1) is 16.5. The van der Waals surface area contributed by atoms with Crippen molar-refractivity contribution in [2.75, 3.05) is 7.11 Å². The molecule has 0 fully saturated rings. The van der Waals surface area contributed by atoms with Crippen molar-refractivity contribution in [3.63, 3.8) is 0 Å². The number of rotatable bonds is 6. The van der Waals surface area contributed by atoms with Gasteiger partial charge in [-0.25, -0.2) is 9.78 Å². The second-order valence-corrected chi connectivity index (χ2v) is 8.05. The number of amides is 1. The number of hydrogen-bond donors (Lipinski definition) is 1. The van der Waals surface area contributed by atoms with E-state index in [1.165, 1.54) is 9.08 Å². The number of benzene rings is 3. The third-order valence-electron chi connectivity index (χ3n) is 5.72. The van der Waals surface area contributed by atoms with E-state index in [0.29, 0.717) is 23.5 Å². The summed E-state index contributed by atoms with van der Waals surface area (Å²) in [4.78, 5) is 30.7. The van der Waals surface area contributed by atoms with E-state index in [0.717, 1.165) is 27.8 Å². The van der Waals surface area contributed by atoms with E-state index in [4.69, 9.17) is 4.74 Å². The minimum atomic E-state index is -0.417. The fourth-order valence-electron chi connectivity index (χ4n) is 3.86. The van der Waals surface area contributed by atoms with E-state index in [9.17, 15) is 9.59 Å². The zero-order chi connectivity index (χ0) is 23.7. The maximum Gasteiger partial charge on any atom is 0.351 e. The third kappa shape index (κ3) is 4.01. The number of ether oxygens (including phenoxy) is 1. The summed E-state index contributed by atoms with van der Waals surface area (Å²) in [6.45, 7) is 2.22. The minimum absolute atomic E-state index is 0.134. The van der Waals surface area contributed by atoms with Gasteiger partial charge in [-0.2, -0.15) is 4.52 Å². The molecule has 0 saturated carbocycles. The Hall–Kier alpha value is -4.46. The van der Waals surface area contributed by atoms with Crippen molar-refractivity contribution in [2.45, 2.75) is 20.0 Å². The molecule has 0 aliphatic rings. The highest BCUT2D eigenvalue weighted by atomic mass is 16.5. The molecular formula is C26H23N5O3. The van der Waals surface area contributed by atoms with E-state index in [1.807, 2.05) is 79.7 Å². The monoisotopic (exact) mass is 453 g/mol. The Balaban J connectivity index is 1.48. The van der Waals surface area contributed by atoms with Gasteiger partial charge in [0, 0.05) is 17.5 Å². The first-order valence-electron chi connectivity index (χ1n) is 10.9. The van der Waals surface area contributed by atoms with Crippen molar-refractivity contribution in [1.82, 2.24) is 24.5 Å². The first kappa shape index (κ1) is 21.4. The van der Waals surface area contributed by atoms with Crippen molar-refractivity contribution in [1.29, 1.82) is 0 Å². The van der Waals surface area contributed by atoms with Crippen molar-refractivity contribution in [2.24, 2.45) is 0 Å². The lowest BCUT2D eigenvalue weighted by Gasteiger charge is -2.11. The van der Waals surface area contributed by atoms with Crippen molar-refractivity contribution < 1.29 is 9.53 Å². The maximum atomic E-state index is 13.4. The Labute approximate surface area is 195 Å². The van der Waals surface area contributed by atoms with Gasteiger partial charge < -0.3 is 10.1 Å². The highest BCUT2D eigenvalue weighted by molar-refractivity contribution is 5.92. The Morgan fingerprint density at radius 1 is 1.00 bits per heavy atom. The van der Waals surface area contributed by atoms with Gasteiger partial charge in [-0.15, -0.1) is 5.10 Å². The van der Waals surface area contributed by atoms with Crippen molar-refractivity contribution >= 4 is 22.5 Å². The van der Waals surface area contributed by atoms with Crippen LogP contribution in [0.4, 0.5) is 0 Å². The van der Waals surface area contributed by atoms with Gasteiger partial charge in [0.1, 0.15) is 12.3 Å². The molecule has 8 nitrogen and oxygen atoms in total. The van der Waals surface area contributed by atoms with Crippen LogP contribution in [-0.2, 0) is 17.9 Å². The van der Waals surface area contributed by atoms with Crippen LogP contribution >= 0.6 is 0 Å². The largest absolute Gasteiger partial charge is 0.497 e. The van der Waals surface area contributed by atoms with E-state index >= 15 is 0 Å². The summed E-state index contributed by atoms with van der Waals surface area (Å²) in [5.74, 6) is 0.935. The molecule has 0 bridgehead atoms. The number of aromatic nitrogens is 4. The molecule has 0 spiro atoms. The number of carbonyl (C=O) groups is 1. The summed E-state index contributed by atoms with van der Waals surface area (Å²) < 4.78 is 7.86. The number of methoxy groups -OCH3 is 1. The lowest BCUT2D eigenvalue weighted by Crippen LogP contribution is -2.35. The van der Waals surface area contributed by atoms with Gasteiger partial charge in [-0.05, 0) is 36.8 Å². The van der Waals surface area contributed by atoms with Crippen molar-refractivity contribution in [3.8, 4) is 17.1 Å². The van der Waals surface area contributed by atoms with Crippen LogP contribution in [0.15, 0.2) is 77.6 Å². The Morgan fingerprint density at radius 3 is 2.47 bits per heavy atom. The molecular weight excluding hydrogens is 430 g/mol. The zero-order valence-electron chi connectivity index (χ0n) is 18.9. The van der Waals surface area contributed by atoms with Crippen LogP contribution in [0, 0.1) is 6.92 Å². The van der Waals surface area contributed by atoms with Crippen LogP contribution in [-0.4, -0.2) is 32.2 Å². The molecule has 8 heteroatoms. The van der Waals surface area contributed by atoms with Crippen LogP contribution in [0.5, 0.6) is 5.75 Å². The highest BCUT2D eigenvalue weighted by Gasteiger charge is 2.17. The summed E-state index contributed by atoms with van der Waals surface area (Å²) in [6.07, 6.45) is 0. The summed E-state index contributed by atoms with van der Waals surface area (Å²) in [5, 5.41) is 8.09. The Bertz CT molecular complexity index is 1550. The summed E-state index contributed by atoms with van der Waals surface area (Å²) in [6, 6.07) is 22.7. The number of para-hydroxylation sites is 1. The second-order valence-electron chi connectivity index (χ2n) is 8.05. The summed E-state index contributed by atoms with van der Waals surface area (Å²) in [5.41, 5.74) is 3.55. The van der Waals surface area contributed by atoms with Gasteiger partial charge in [-0.3, -0.25) is 9.36 Å². The average molecular weight is 454 g/mol. The predicted molar refractivity (Wildman–Crippen MR) is 130 cm³/mol. The fraction of sp³-hybridized carbons (Fsp3) is 0.154. The van der Waals surface area contributed by atoms with Gasteiger partial charge in [0.2, 0.25) is 5.91 Å². The van der Waals surface area contributed by atoms with Crippen LogP contribution in [0.1, 0.15) is 11.1 Å². The predicted octanol–water partition coefficient (Wildman–Crippen LogP) is 3.34. The van der Waals surface area contributed by atoms with Crippen molar-refractivity contribution in [3.05, 3.63) is 94.4 Å². The molecule has 0 radical (unpaired) electrons. The minimum Gasteiger partial charge on any atom is -0.497 e. The number of aryl methyl sites for hydroxylation is 1. The maximum absolute atomic E-state index is 13.4.